The highest BCUT2D eigenvalue weighted by Crippen LogP contribution is 2.19. The van der Waals surface area contributed by atoms with E-state index < -0.39 is 5.82 Å². The van der Waals surface area contributed by atoms with Crippen molar-refractivity contribution in [1.82, 2.24) is 0 Å². The molecule has 3 aromatic rings. The monoisotopic (exact) mass is 412 g/mol. The molecule has 0 atom stereocenters. The molecule has 0 saturated carbocycles. The number of carbonyl (C=O) groups excluding carboxylic acids is 1. The van der Waals surface area contributed by atoms with Crippen LogP contribution in [0.25, 0.3) is 0 Å². The third kappa shape index (κ3) is 6.80. The Kier molecular flexibility index (Phi) is 7.47. The van der Waals surface area contributed by atoms with Gasteiger partial charge in [0.25, 0.3) is 0 Å². The summed E-state index contributed by atoms with van der Waals surface area (Å²) < 4.78 is 18.9. The zero-order valence-electron chi connectivity index (χ0n) is 15.8. The van der Waals surface area contributed by atoms with Crippen molar-refractivity contribution in [3.63, 3.8) is 0 Å². The van der Waals surface area contributed by atoms with Crippen molar-refractivity contribution in [2.75, 3.05) is 23.8 Å². The topological polar surface area (TPSA) is 50.4 Å². The third-order valence-corrected chi connectivity index (χ3v) is 4.52. The number of carbonyl (C=O) groups is 1. The van der Waals surface area contributed by atoms with Crippen LogP contribution in [0.3, 0.4) is 0 Å². The molecule has 0 radical (unpaired) electrons. The molecular formula is C23H22ClFN2O2. The van der Waals surface area contributed by atoms with E-state index in [1.807, 2.05) is 42.5 Å². The first kappa shape index (κ1) is 20.7. The Labute approximate surface area is 174 Å². The average molecular weight is 413 g/mol. The smallest absolute Gasteiger partial charge is 0.243 e. The molecular weight excluding hydrogens is 391 g/mol. The summed E-state index contributed by atoms with van der Waals surface area (Å²) in [5.74, 6) is 0.00750. The van der Waals surface area contributed by atoms with Gasteiger partial charge in [0.15, 0.2) is 0 Å². The Bertz CT molecular complexity index is 933. The Morgan fingerprint density at radius 2 is 1.69 bits per heavy atom. The molecule has 0 bridgehead atoms. The summed E-state index contributed by atoms with van der Waals surface area (Å²) in [6.07, 6.45) is 1.92. The summed E-state index contributed by atoms with van der Waals surface area (Å²) >= 11 is 5.71. The first-order chi connectivity index (χ1) is 14.1. The summed E-state index contributed by atoms with van der Waals surface area (Å²) in [6, 6.07) is 21.8. The van der Waals surface area contributed by atoms with E-state index in [2.05, 4.69) is 22.8 Å². The molecule has 6 heteroatoms. The van der Waals surface area contributed by atoms with E-state index in [0.29, 0.717) is 12.3 Å². The Balaban J connectivity index is 1.38. The molecule has 0 aliphatic carbocycles. The van der Waals surface area contributed by atoms with Crippen LogP contribution in [-0.2, 0) is 11.2 Å². The molecule has 1 amide bonds. The fraction of sp³-hybridized carbons (Fsp3) is 0.174. The van der Waals surface area contributed by atoms with E-state index in [9.17, 15) is 9.18 Å². The van der Waals surface area contributed by atoms with E-state index in [1.165, 1.54) is 23.8 Å². The molecule has 0 fully saturated rings. The van der Waals surface area contributed by atoms with Crippen LogP contribution in [-0.4, -0.2) is 19.1 Å². The maximum atomic E-state index is 13.1. The van der Waals surface area contributed by atoms with E-state index in [4.69, 9.17) is 16.3 Å². The van der Waals surface area contributed by atoms with Crippen LogP contribution in [0.2, 0.25) is 5.02 Å². The van der Waals surface area contributed by atoms with E-state index in [1.54, 1.807) is 0 Å². The molecule has 0 aliphatic heterocycles. The van der Waals surface area contributed by atoms with Crippen molar-refractivity contribution in [3.05, 3.63) is 89.2 Å². The van der Waals surface area contributed by atoms with Crippen LogP contribution in [0.1, 0.15) is 12.0 Å². The lowest BCUT2D eigenvalue weighted by Gasteiger charge is -2.10. The van der Waals surface area contributed by atoms with Crippen LogP contribution in [0.4, 0.5) is 15.8 Å². The van der Waals surface area contributed by atoms with Crippen LogP contribution in [0, 0.1) is 5.82 Å². The number of aryl methyl sites for hydroxylation is 1. The quantitative estimate of drug-likeness (QED) is 0.453. The van der Waals surface area contributed by atoms with Crippen molar-refractivity contribution in [2.45, 2.75) is 12.8 Å². The molecule has 150 valence electrons. The zero-order chi connectivity index (χ0) is 20.5. The van der Waals surface area contributed by atoms with Crippen molar-refractivity contribution in [1.29, 1.82) is 0 Å². The highest BCUT2D eigenvalue weighted by molar-refractivity contribution is 6.31. The molecule has 2 N–H and O–H groups in total. The normalized spacial score (nSPS) is 10.4. The zero-order valence-corrected chi connectivity index (χ0v) is 16.6. The fourth-order valence-corrected chi connectivity index (χ4v) is 2.92. The van der Waals surface area contributed by atoms with Crippen LogP contribution >= 0.6 is 11.6 Å². The summed E-state index contributed by atoms with van der Waals surface area (Å²) in [5, 5.41) is 5.66. The minimum absolute atomic E-state index is 0.0323. The molecule has 4 nitrogen and oxygen atoms in total. The molecule has 0 aromatic heterocycles. The maximum absolute atomic E-state index is 13.1. The van der Waals surface area contributed by atoms with E-state index in [0.717, 1.165) is 24.3 Å². The van der Waals surface area contributed by atoms with Crippen LogP contribution < -0.4 is 15.4 Å². The van der Waals surface area contributed by atoms with Gasteiger partial charge in [0.2, 0.25) is 5.91 Å². The lowest BCUT2D eigenvalue weighted by Crippen LogP contribution is -2.21. The molecule has 0 heterocycles. The molecule has 3 rings (SSSR count). The molecule has 0 saturated heterocycles. The van der Waals surface area contributed by atoms with Gasteiger partial charge in [-0.15, -0.1) is 0 Å². The maximum Gasteiger partial charge on any atom is 0.243 e. The molecule has 0 spiro atoms. The lowest BCUT2D eigenvalue weighted by atomic mass is 10.1. The standard InChI is InChI=1S/C23H22ClFN2O2/c24-21-15-19(10-13-22(21)25)27-23(28)16-26-18-8-11-20(12-9-18)29-14-4-7-17-5-2-1-3-6-17/h1-3,5-6,8-13,15,26H,4,7,14,16H2,(H,27,28). The summed E-state index contributed by atoms with van der Waals surface area (Å²) in [4.78, 5) is 12.0. The number of hydrogen-bond donors (Lipinski definition) is 2. The van der Waals surface area contributed by atoms with Gasteiger partial charge in [-0.2, -0.15) is 0 Å². The first-order valence-corrected chi connectivity index (χ1v) is 9.73. The second-order valence-electron chi connectivity index (χ2n) is 6.49. The first-order valence-electron chi connectivity index (χ1n) is 9.36. The van der Waals surface area contributed by atoms with Gasteiger partial charge in [0, 0.05) is 11.4 Å². The number of hydrogen-bond acceptors (Lipinski definition) is 3. The predicted octanol–water partition coefficient (Wildman–Crippen LogP) is 5.54. The van der Waals surface area contributed by atoms with Crippen LogP contribution in [0.15, 0.2) is 72.8 Å². The molecule has 29 heavy (non-hydrogen) atoms. The second-order valence-corrected chi connectivity index (χ2v) is 6.90. The van der Waals surface area contributed by atoms with Crippen molar-refractivity contribution in [2.24, 2.45) is 0 Å². The minimum Gasteiger partial charge on any atom is -0.494 e. The van der Waals surface area contributed by atoms with E-state index in [-0.39, 0.29) is 17.5 Å². The van der Waals surface area contributed by atoms with Gasteiger partial charge in [0.1, 0.15) is 11.6 Å². The summed E-state index contributed by atoms with van der Waals surface area (Å²) in [7, 11) is 0. The highest BCUT2D eigenvalue weighted by Gasteiger charge is 2.05. The van der Waals surface area contributed by atoms with Gasteiger partial charge in [-0.25, -0.2) is 4.39 Å². The minimum atomic E-state index is -0.523. The number of rotatable bonds is 9. The fourth-order valence-electron chi connectivity index (χ4n) is 2.74. The Morgan fingerprint density at radius 3 is 2.41 bits per heavy atom. The Hall–Kier alpha value is -3.05. The molecule has 0 aliphatic rings. The molecule has 3 aromatic carbocycles. The van der Waals surface area contributed by atoms with Gasteiger partial charge in [-0.3, -0.25) is 4.79 Å². The largest absolute Gasteiger partial charge is 0.494 e. The van der Waals surface area contributed by atoms with Crippen molar-refractivity contribution in [3.8, 4) is 5.75 Å². The van der Waals surface area contributed by atoms with Gasteiger partial charge >= 0.3 is 0 Å². The number of amides is 1. The second kappa shape index (κ2) is 10.5. The number of benzene rings is 3. The van der Waals surface area contributed by atoms with Gasteiger partial charge in [-0.05, 0) is 60.9 Å². The molecule has 0 unspecified atom stereocenters. The van der Waals surface area contributed by atoms with Gasteiger partial charge in [-0.1, -0.05) is 41.9 Å². The number of anilines is 2. The van der Waals surface area contributed by atoms with Gasteiger partial charge < -0.3 is 15.4 Å². The average Bonchev–Trinajstić information content (AvgIpc) is 2.74. The lowest BCUT2D eigenvalue weighted by molar-refractivity contribution is -0.114. The summed E-state index contributed by atoms with van der Waals surface area (Å²) in [5.41, 5.74) is 2.55. The van der Waals surface area contributed by atoms with Crippen LogP contribution in [0.5, 0.6) is 5.75 Å². The number of ether oxygens (including phenoxy) is 1. The predicted molar refractivity (Wildman–Crippen MR) is 115 cm³/mol. The number of nitrogens with one attached hydrogen (secondary N) is 2. The SMILES string of the molecule is O=C(CNc1ccc(OCCCc2ccccc2)cc1)Nc1ccc(F)c(Cl)c1. The van der Waals surface area contributed by atoms with Gasteiger partial charge in [0.05, 0.1) is 18.2 Å². The highest BCUT2D eigenvalue weighted by atomic mass is 35.5. The number of halogens is 2. The van der Waals surface area contributed by atoms with Crippen molar-refractivity contribution < 1.29 is 13.9 Å². The summed E-state index contributed by atoms with van der Waals surface area (Å²) in [6.45, 7) is 0.719. The van der Waals surface area contributed by atoms with E-state index >= 15 is 0 Å². The third-order valence-electron chi connectivity index (χ3n) is 4.23. The van der Waals surface area contributed by atoms with Crippen molar-refractivity contribution >= 4 is 28.9 Å². The Morgan fingerprint density at radius 1 is 0.966 bits per heavy atom.